The quantitative estimate of drug-likeness (QED) is 0.926. The van der Waals surface area contributed by atoms with Crippen LogP contribution in [0, 0.1) is 0 Å². The molecule has 1 aliphatic rings. The van der Waals surface area contributed by atoms with Crippen LogP contribution in [-0.2, 0) is 15.7 Å². The fraction of sp³-hybridized carbons (Fsp3) is 0.385. The number of ether oxygens (including phenoxy) is 1. The summed E-state index contributed by atoms with van der Waals surface area (Å²) in [4.78, 5) is 14.5. The molecule has 2 rings (SSSR count). The van der Waals surface area contributed by atoms with Gasteiger partial charge >= 0.3 is 12.1 Å². The van der Waals surface area contributed by atoms with E-state index in [4.69, 9.17) is 9.84 Å². The second-order valence-electron chi connectivity index (χ2n) is 4.37. The summed E-state index contributed by atoms with van der Waals surface area (Å²) in [5, 5.41) is 8.57. The van der Waals surface area contributed by atoms with Gasteiger partial charge in [0.2, 0.25) is 5.90 Å². The van der Waals surface area contributed by atoms with Gasteiger partial charge in [0.15, 0.2) is 0 Å². The van der Waals surface area contributed by atoms with Gasteiger partial charge in [-0.2, -0.15) is 13.2 Å². The van der Waals surface area contributed by atoms with Gasteiger partial charge in [-0.25, -0.2) is 4.99 Å². The zero-order valence-corrected chi connectivity index (χ0v) is 10.4. The number of aliphatic carboxylic acids is 1. The van der Waals surface area contributed by atoms with Gasteiger partial charge in [-0.05, 0) is 18.6 Å². The van der Waals surface area contributed by atoms with Gasteiger partial charge in [-0.3, -0.25) is 4.79 Å². The Kier molecular flexibility index (Phi) is 3.96. The van der Waals surface area contributed by atoms with E-state index in [0.717, 1.165) is 6.07 Å². The molecule has 0 fully saturated rings. The molecule has 7 heteroatoms. The molecule has 0 amide bonds. The number of hydrogen-bond donors (Lipinski definition) is 1. The number of alkyl halides is 3. The summed E-state index contributed by atoms with van der Waals surface area (Å²) < 4.78 is 43.8. The van der Waals surface area contributed by atoms with Crippen molar-refractivity contribution in [2.75, 3.05) is 6.61 Å². The van der Waals surface area contributed by atoms with E-state index >= 15 is 0 Å². The first kappa shape index (κ1) is 14.4. The predicted molar refractivity (Wildman–Crippen MR) is 64.6 cm³/mol. The first-order chi connectivity index (χ1) is 9.38. The number of carboxylic acids is 1. The zero-order valence-electron chi connectivity index (χ0n) is 10.4. The van der Waals surface area contributed by atoms with Crippen LogP contribution in [0.3, 0.4) is 0 Å². The fourth-order valence-corrected chi connectivity index (χ4v) is 1.92. The van der Waals surface area contributed by atoms with E-state index in [1.165, 1.54) is 18.2 Å². The van der Waals surface area contributed by atoms with Crippen molar-refractivity contribution in [1.82, 2.24) is 0 Å². The molecule has 1 N–H and O–H groups in total. The third kappa shape index (κ3) is 3.28. The van der Waals surface area contributed by atoms with Gasteiger partial charge in [0.25, 0.3) is 0 Å². The van der Waals surface area contributed by atoms with Crippen molar-refractivity contribution < 1.29 is 27.8 Å². The number of benzene rings is 1. The molecule has 1 unspecified atom stereocenters. The smallest absolute Gasteiger partial charge is 0.417 e. The van der Waals surface area contributed by atoms with Crippen molar-refractivity contribution in [3.05, 3.63) is 35.4 Å². The first-order valence-electron chi connectivity index (χ1n) is 5.97. The lowest BCUT2D eigenvalue weighted by molar-refractivity contribution is -0.138. The average Bonchev–Trinajstić information content (AvgIpc) is 2.84. The summed E-state index contributed by atoms with van der Waals surface area (Å²) in [5.74, 6) is -1.04. The van der Waals surface area contributed by atoms with Crippen molar-refractivity contribution in [1.29, 1.82) is 0 Å². The molecule has 1 atom stereocenters. The van der Waals surface area contributed by atoms with Crippen molar-refractivity contribution in [3.63, 3.8) is 0 Å². The molecule has 1 aliphatic heterocycles. The van der Waals surface area contributed by atoms with E-state index in [1.807, 2.05) is 0 Å². The lowest BCUT2D eigenvalue weighted by Crippen LogP contribution is -2.13. The SMILES string of the molecule is O=C(O)CCC1COC(c2ccccc2C(F)(F)F)=N1. The van der Waals surface area contributed by atoms with Crippen molar-refractivity contribution in [2.45, 2.75) is 25.1 Å². The molecule has 0 spiro atoms. The molecule has 0 saturated carbocycles. The minimum absolute atomic E-state index is 0.0756. The largest absolute Gasteiger partial charge is 0.481 e. The highest BCUT2D eigenvalue weighted by molar-refractivity contribution is 5.96. The highest BCUT2D eigenvalue weighted by Gasteiger charge is 2.35. The van der Waals surface area contributed by atoms with Crippen LogP contribution in [-0.4, -0.2) is 29.6 Å². The van der Waals surface area contributed by atoms with E-state index in [9.17, 15) is 18.0 Å². The van der Waals surface area contributed by atoms with Crippen LogP contribution in [0.4, 0.5) is 13.2 Å². The Bertz CT molecular complexity index is 540. The molecule has 0 radical (unpaired) electrons. The van der Waals surface area contributed by atoms with Crippen LogP contribution in [0.2, 0.25) is 0 Å². The van der Waals surface area contributed by atoms with E-state index in [1.54, 1.807) is 0 Å². The van der Waals surface area contributed by atoms with E-state index < -0.39 is 23.8 Å². The Hall–Kier alpha value is -2.05. The lowest BCUT2D eigenvalue weighted by atomic mass is 10.1. The van der Waals surface area contributed by atoms with Gasteiger partial charge in [0.05, 0.1) is 11.6 Å². The number of halogens is 3. The Morgan fingerprint density at radius 1 is 1.40 bits per heavy atom. The Balaban J connectivity index is 2.21. The maximum absolute atomic E-state index is 12.9. The Labute approximate surface area is 112 Å². The highest BCUT2D eigenvalue weighted by atomic mass is 19.4. The van der Waals surface area contributed by atoms with Crippen LogP contribution in [0.25, 0.3) is 0 Å². The normalized spacial score (nSPS) is 18.6. The van der Waals surface area contributed by atoms with Gasteiger partial charge in [-0.1, -0.05) is 12.1 Å². The molecule has 108 valence electrons. The van der Waals surface area contributed by atoms with E-state index in [-0.39, 0.29) is 30.9 Å². The molecular formula is C13H12F3NO3. The molecule has 1 heterocycles. The van der Waals surface area contributed by atoms with Crippen LogP contribution < -0.4 is 0 Å². The zero-order chi connectivity index (χ0) is 14.8. The predicted octanol–water partition coefficient (Wildman–Crippen LogP) is 2.72. The molecule has 20 heavy (non-hydrogen) atoms. The topological polar surface area (TPSA) is 58.9 Å². The Morgan fingerprint density at radius 2 is 2.10 bits per heavy atom. The van der Waals surface area contributed by atoms with Gasteiger partial charge in [-0.15, -0.1) is 0 Å². The second kappa shape index (κ2) is 5.52. The monoisotopic (exact) mass is 287 g/mol. The maximum atomic E-state index is 12.9. The van der Waals surface area contributed by atoms with Crippen LogP contribution >= 0.6 is 0 Å². The van der Waals surface area contributed by atoms with Crippen molar-refractivity contribution in [3.8, 4) is 0 Å². The third-order valence-corrected chi connectivity index (χ3v) is 2.87. The molecular weight excluding hydrogens is 275 g/mol. The highest BCUT2D eigenvalue weighted by Crippen LogP contribution is 2.33. The van der Waals surface area contributed by atoms with Gasteiger partial charge in [0, 0.05) is 12.0 Å². The molecule has 0 saturated heterocycles. The van der Waals surface area contributed by atoms with Gasteiger partial charge in [0.1, 0.15) is 6.61 Å². The maximum Gasteiger partial charge on any atom is 0.417 e. The molecule has 1 aromatic rings. The van der Waals surface area contributed by atoms with Crippen molar-refractivity contribution in [2.24, 2.45) is 4.99 Å². The van der Waals surface area contributed by atoms with Crippen LogP contribution in [0.5, 0.6) is 0 Å². The molecule has 0 aliphatic carbocycles. The summed E-state index contributed by atoms with van der Waals surface area (Å²) in [6, 6.07) is 4.61. The summed E-state index contributed by atoms with van der Waals surface area (Å²) in [6.07, 6.45) is -4.33. The fourth-order valence-electron chi connectivity index (χ4n) is 1.92. The minimum atomic E-state index is -4.48. The number of carbonyl (C=O) groups is 1. The molecule has 1 aromatic carbocycles. The molecule has 4 nitrogen and oxygen atoms in total. The molecule has 0 bridgehead atoms. The number of rotatable bonds is 4. The summed E-state index contributed by atoms with van der Waals surface area (Å²) in [5.41, 5.74) is -0.921. The van der Waals surface area contributed by atoms with E-state index in [2.05, 4.69) is 4.99 Å². The summed E-state index contributed by atoms with van der Waals surface area (Å²) in [7, 11) is 0. The van der Waals surface area contributed by atoms with Gasteiger partial charge < -0.3 is 9.84 Å². The number of carboxylic acid groups (broad SMARTS) is 1. The van der Waals surface area contributed by atoms with Crippen LogP contribution in [0.1, 0.15) is 24.0 Å². The number of hydrogen-bond acceptors (Lipinski definition) is 3. The molecule has 0 aromatic heterocycles. The van der Waals surface area contributed by atoms with Crippen molar-refractivity contribution >= 4 is 11.9 Å². The first-order valence-corrected chi connectivity index (χ1v) is 5.97. The minimum Gasteiger partial charge on any atom is -0.481 e. The number of nitrogens with zero attached hydrogens (tertiary/aromatic N) is 1. The van der Waals surface area contributed by atoms with Crippen LogP contribution in [0.15, 0.2) is 29.3 Å². The second-order valence-corrected chi connectivity index (χ2v) is 4.37. The van der Waals surface area contributed by atoms with E-state index in [0.29, 0.717) is 0 Å². The standard InChI is InChI=1S/C13H12F3NO3/c14-13(15,16)10-4-2-1-3-9(10)12-17-8(7-20-12)5-6-11(18)19/h1-4,8H,5-7H2,(H,18,19). The summed E-state index contributed by atoms with van der Waals surface area (Å²) in [6.45, 7) is 0.106. The lowest BCUT2D eigenvalue weighted by Gasteiger charge is -2.11. The summed E-state index contributed by atoms with van der Waals surface area (Å²) >= 11 is 0. The Morgan fingerprint density at radius 3 is 2.75 bits per heavy atom. The third-order valence-electron chi connectivity index (χ3n) is 2.87. The average molecular weight is 287 g/mol. The number of aliphatic imine (C=N–C) groups is 1.